The molecule has 1 aromatic rings. The first kappa shape index (κ1) is 13.6. The van der Waals surface area contributed by atoms with Crippen molar-refractivity contribution in [1.82, 2.24) is 20.3 Å². The molecular weight excluding hydrogens is 220 g/mol. The largest absolute Gasteiger partial charge is 0.396 e. The molecule has 0 aliphatic carbocycles. The summed E-state index contributed by atoms with van der Waals surface area (Å²) in [4.78, 5) is 11.6. The molecule has 1 unspecified atom stereocenters. The van der Waals surface area contributed by atoms with Gasteiger partial charge in [-0.25, -0.2) is 4.68 Å². The van der Waals surface area contributed by atoms with Crippen LogP contribution >= 0.6 is 0 Å². The number of nitrogens with one attached hydrogen (secondary N) is 1. The van der Waals surface area contributed by atoms with Gasteiger partial charge in [-0.3, -0.25) is 4.79 Å². The summed E-state index contributed by atoms with van der Waals surface area (Å²) in [6, 6.07) is 0. The SMILES string of the molecule is CCCC(CCO)CNC(=O)Cn1ccnn1. The Morgan fingerprint density at radius 2 is 2.35 bits per heavy atom. The van der Waals surface area contributed by atoms with Crippen molar-refractivity contribution in [2.45, 2.75) is 32.7 Å². The summed E-state index contributed by atoms with van der Waals surface area (Å²) >= 11 is 0. The molecule has 0 aliphatic heterocycles. The quantitative estimate of drug-likeness (QED) is 0.680. The normalized spacial score (nSPS) is 12.4. The van der Waals surface area contributed by atoms with Crippen LogP contribution in [-0.4, -0.2) is 39.2 Å². The molecular formula is C11H20N4O2. The Morgan fingerprint density at radius 3 is 2.94 bits per heavy atom. The van der Waals surface area contributed by atoms with Gasteiger partial charge in [0.15, 0.2) is 0 Å². The number of nitrogens with zero attached hydrogens (tertiary/aromatic N) is 3. The third-order valence-electron chi connectivity index (χ3n) is 2.60. The summed E-state index contributed by atoms with van der Waals surface area (Å²) in [6.45, 7) is 3.07. The molecule has 0 radical (unpaired) electrons. The third kappa shape index (κ3) is 5.44. The summed E-state index contributed by atoms with van der Waals surface area (Å²) in [7, 11) is 0. The number of hydrogen-bond donors (Lipinski definition) is 2. The van der Waals surface area contributed by atoms with Crippen LogP contribution in [0.3, 0.4) is 0 Å². The maximum Gasteiger partial charge on any atom is 0.241 e. The summed E-state index contributed by atoms with van der Waals surface area (Å²) in [5.41, 5.74) is 0. The van der Waals surface area contributed by atoms with Crippen LogP contribution < -0.4 is 5.32 Å². The van der Waals surface area contributed by atoms with E-state index in [9.17, 15) is 4.79 Å². The second-order valence-electron chi connectivity index (χ2n) is 4.07. The predicted molar refractivity (Wildman–Crippen MR) is 63.1 cm³/mol. The number of carbonyl (C=O) groups excluding carboxylic acids is 1. The zero-order valence-electron chi connectivity index (χ0n) is 10.2. The number of amides is 1. The van der Waals surface area contributed by atoms with Crippen LogP contribution in [0.15, 0.2) is 12.4 Å². The van der Waals surface area contributed by atoms with E-state index in [-0.39, 0.29) is 19.1 Å². The topological polar surface area (TPSA) is 80.0 Å². The lowest BCUT2D eigenvalue weighted by molar-refractivity contribution is -0.122. The van der Waals surface area contributed by atoms with Gasteiger partial charge < -0.3 is 10.4 Å². The van der Waals surface area contributed by atoms with Gasteiger partial charge in [-0.1, -0.05) is 18.6 Å². The monoisotopic (exact) mass is 240 g/mol. The van der Waals surface area contributed by atoms with Crippen molar-refractivity contribution in [2.24, 2.45) is 5.92 Å². The molecule has 0 aromatic carbocycles. The molecule has 0 spiro atoms. The smallest absolute Gasteiger partial charge is 0.241 e. The van der Waals surface area contributed by atoms with Crippen molar-refractivity contribution in [3.8, 4) is 0 Å². The zero-order chi connectivity index (χ0) is 12.5. The van der Waals surface area contributed by atoms with E-state index in [1.165, 1.54) is 4.68 Å². The standard InChI is InChI=1S/C11H20N4O2/c1-2-3-10(4-7-16)8-12-11(17)9-15-6-5-13-14-15/h5-6,10,16H,2-4,7-9H2,1H3,(H,12,17). The first-order chi connectivity index (χ1) is 8.26. The average molecular weight is 240 g/mol. The van der Waals surface area contributed by atoms with E-state index in [2.05, 4.69) is 22.6 Å². The van der Waals surface area contributed by atoms with Crippen LogP contribution in [0.4, 0.5) is 0 Å². The average Bonchev–Trinajstić information content (AvgIpc) is 2.79. The molecule has 6 nitrogen and oxygen atoms in total. The highest BCUT2D eigenvalue weighted by atomic mass is 16.3. The number of aliphatic hydroxyl groups excluding tert-OH is 1. The highest BCUT2D eigenvalue weighted by molar-refractivity contribution is 5.75. The fraction of sp³-hybridized carbons (Fsp3) is 0.727. The molecule has 1 amide bonds. The minimum Gasteiger partial charge on any atom is -0.396 e. The van der Waals surface area contributed by atoms with Gasteiger partial charge in [-0.05, 0) is 18.8 Å². The molecule has 0 saturated carbocycles. The highest BCUT2D eigenvalue weighted by Crippen LogP contribution is 2.09. The fourth-order valence-corrected chi connectivity index (χ4v) is 1.72. The third-order valence-corrected chi connectivity index (χ3v) is 2.60. The molecule has 0 aliphatic rings. The molecule has 1 heterocycles. The molecule has 0 fully saturated rings. The van der Waals surface area contributed by atoms with Crippen molar-refractivity contribution in [1.29, 1.82) is 0 Å². The Hall–Kier alpha value is -1.43. The van der Waals surface area contributed by atoms with Gasteiger partial charge in [0.1, 0.15) is 6.54 Å². The Balaban J connectivity index is 2.25. The lowest BCUT2D eigenvalue weighted by Crippen LogP contribution is -2.32. The lowest BCUT2D eigenvalue weighted by Gasteiger charge is -2.15. The molecule has 17 heavy (non-hydrogen) atoms. The van der Waals surface area contributed by atoms with Crippen molar-refractivity contribution in [2.75, 3.05) is 13.2 Å². The Bertz CT molecular complexity index is 307. The fourth-order valence-electron chi connectivity index (χ4n) is 1.72. The summed E-state index contributed by atoms with van der Waals surface area (Å²) in [5.74, 6) is 0.277. The van der Waals surface area contributed by atoms with Crippen LogP contribution in [0.2, 0.25) is 0 Å². The summed E-state index contributed by atoms with van der Waals surface area (Å²) in [5, 5.41) is 19.1. The lowest BCUT2D eigenvalue weighted by atomic mass is 10.0. The first-order valence-electron chi connectivity index (χ1n) is 5.98. The van der Waals surface area contributed by atoms with Gasteiger partial charge in [0.2, 0.25) is 5.91 Å². The van der Waals surface area contributed by atoms with Crippen molar-refractivity contribution in [3.05, 3.63) is 12.4 Å². The molecule has 1 rings (SSSR count). The van der Waals surface area contributed by atoms with E-state index in [0.29, 0.717) is 12.5 Å². The zero-order valence-corrected chi connectivity index (χ0v) is 10.2. The molecule has 96 valence electrons. The minimum atomic E-state index is -0.0745. The predicted octanol–water partition coefficient (Wildman–Crippen LogP) is 0.193. The van der Waals surface area contributed by atoms with Crippen molar-refractivity contribution < 1.29 is 9.90 Å². The van der Waals surface area contributed by atoms with E-state index in [0.717, 1.165) is 19.3 Å². The van der Waals surface area contributed by atoms with Crippen molar-refractivity contribution >= 4 is 5.91 Å². The highest BCUT2D eigenvalue weighted by Gasteiger charge is 2.09. The van der Waals surface area contributed by atoms with Crippen LogP contribution in [0, 0.1) is 5.92 Å². The Morgan fingerprint density at radius 1 is 1.53 bits per heavy atom. The molecule has 0 bridgehead atoms. The van der Waals surface area contributed by atoms with Gasteiger partial charge in [-0.15, -0.1) is 5.10 Å². The van der Waals surface area contributed by atoms with Crippen LogP contribution in [-0.2, 0) is 11.3 Å². The molecule has 2 N–H and O–H groups in total. The Labute approximate surface area is 101 Å². The van der Waals surface area contributed by atoms with Gasteiger partial charge in [-0.2, -0.15) is 0 Å². The van der Waals surface area contributed by atoms with Gasteiger partial charge in [0.05, 0.1) is 6.20 Å². The van der Waals surface area contributed by atoms with Crippen LogP contribution in [0.1, 0.15) is 26.2 Å². The molecule has 6 heteroatoms. The number of carbonyl (C=O) groups is 1. The second kappa shape index (κ2) is 7.78. The molecule has 1 atom stereocenters. The summed E-state index contributed by atoms with van der Waals surface area (Å²) in [6.07, 6.45) is 6.00. The van der Waals surface area contributed by atoms with Gasteiger partial charge in [0, 0.05) is 19.3 Å². The maximum absolute atomic E-state index is 11.6. The van der Waals surface area contributed by atoms with Gasteiger partial charge >= 0.3 is 0 Å². The van der Waals surface area contributed by atoms with E-state index in [4.69, 9.17) is 5.11 Å². The van der Waals surface area contributed by atoms with Gasteiger partial charge in [0.25, 0.3) is 0 Å². The number of hydrogen-bond acceptors (Lipinski definition) is 4. The number of aliphatic hydroxyl groups is 1. The van der Waals surface area contributed by atoms with Crippen molar-refractivity contribution in [3.63, 3.8) is 0 Å². The number of aromatic nitrogens is 3. The molecule has 1 aromatic heterocycles. The maximum atomic E-state index is 11.6. The van der Waals surface area contributed by atoms with Crippen LogP contribution in [0.25, 0.3) is 0 Å². The first-order valence-corrected chi connectivity index (χ1v) is 5.98. The van der Waals surface area contributed by atoms with E-state index in [1.807, 2.05) is 0 Å². The molecule has 0 saturated heterocycles. The van der Waals surface area contributed by atoms with E-state index in [1.54, 1.807) is 12.4 Å². The summed E-state index contributed by atoms with van der Waals surface area (Å²) < 4.78 is 1.48. The number of rotatable bonds is 8. The Kier molecular flexibility index (Phi) is 6.24. The van der Waals surface area contributed by atoms with E-state index >= 15 is 0 Å². The second-order valence-corrected chi connectivity index (χ2v) is 4.07. The van der Waals surface area contributed by atoms with Crippen LogP contribution in [0.5, 0.6) is 0 Å². The van der Waals surface area contributed by atoms with E-state index < -0.39 is 0 Å². The minimum absolute atomic E-state index is 0.0745.